The molecule has 0 bridgehead atoms. The van der Waals surface area contributed by atoms with Crippen molar-refractivity contribution in [3.05, 3.63) is 53.6 Å². The Kier molecular flexibility index (Phi) is 2.84. The number of β-lactam (4-membered cyclic amide) rings is 1. The summed E-state index contributed by atoms with van der Waals surface area (Å²) >= 11 is 0. The van der Waals surface area contributed by atoms with Crippen LogP contribution in [0, 0.1) is 6.92 Å². The van der Waals surface area contributed by atoms with Crippen LogP contribution in [0.1, 0.15) is 17.2 Å². The maximum atomic E-state index is 12.2. The molecule has 0 aromatic heterocycles. The van der Waals surface area contributed by atoms with Crippen molar-refractivity contribution >= 4 is 11.6 Å². The van der Waals surface area contributed by atoms with Crippen LogP contribution in [0.25, 0.3) is 0 Å². The molecule has 0 unspecified atom stereocenters. The maximum absolute atomic E-state index is 12.2. The molecule has 2 N–H and O–H groups in total. The fraction of sp³-hybridized carbons (Fsp3) is 0.235. The van der Waals surface area contributed by atoms with Gasteiger partial charge in [-0.15, -0.1) is 0 Å². The number of ether oxygens (including phenoxy) is 2. The van der Waals surface area contributed by atoms with Gasteiger partial charge in [0.25, 0.3) is 0 Å². The van der Waals surface area contributed by atoms with E-state index in [4.69, 9.17) is 15.2 Å². The topological polar surface area (TPSA) is 64.8 Å². The molecular weight excluding hydrogens is 280 g/mol. The van der Waals surface area contributed by atoms with Crippen LogP contribution in [0.3, 0.4) is 0 Å². The normalized spacial score (nSPS) is 22.6. The summed E-state index contributed by atoms with van der Waals surface area (Å²) in [5.74, 6) is 1.37. The third-order valence-corrected chi connectivity index (χ3v) is 4.19. The SMILES string of the molecule is Cc1ccc(N2C(=O)[C@H](N)[C@H]2c2ccc3c(c2)OCO3)cc1. The Bertz CT molecular complexity index is 742. The average molecular weight is 296 g/mol. The zero-order valence-electron chi connectivity index (χ0n) is 12.2. The van der Waals surface area contributed by atoms with E-state index in [2.05, 4.69) is 0 Å². The van der Waals surface area contributed by atoms with Gasteiger partial charge in [-0.2, -0.15) is 0 Å². The van der Waals surface area contributed by atoms with Crippen LogP contribution in [0.4, 0.5) is 5.69 Å². The summed E-state index contributed by atoms with van der Waals surface area (Å²) in [6.07, 6.45) is 0. The number of nitrogens with two attached hydrogens (primary N) is 1. The van der Waals surface area contributed by atoms with Gasteiger partial charge in [0.2, 0.25) is 12.7 Å². The molecule has 0 spiro atoms. The van der Waals surface area contributed by atoms with Crippen molar-refractivity contribution in [3.8, 4) is 11.5 Å². The van der Waals surface area contributed by atoms with E-state index in [0.29, 0.717) is 5.75 Å². The van der Waals surface area contributed by atoms with Gasteiger partial charge in [0.05, 0.1) is 6.04 Å². The van der Waals surface area contributed by atoms with Crippen LogP contribution in [0.5, 0.6) is 11.5 Å². The Hall–Kier alpha value is -2.53. The summed E-state index contributed by atoms with van der Waals surface area (Å²) in [4.78, 5) is 13.9. The van der Waals surface area contributed by atoms with E-state index in [1.165, 1.54) is 0 Å². The van der Waals surface area contributed by atoms with E-state index in [1.807, 2.05) is 49.4 Å². The van der Waals surface area contributed by atoms with Crippen molar-refractivity contribution < 1.29 is 14.3 Å². The van der Waals surface area contributed by atoms with Gasteiger partial charge in [0, 0.05) is 5.69 Å². The van der Waals surface area contributed by atoms with E-state index in [9.17, 15) is 4.79 Å². The highest BCUT2D eigenvalue weighted by Gasteiger charge is 2.46. The minimum Gasteiger partial charge on any atom is -0.454 e. The molecule has 0 radical (unpaired) electrons. The Morgan fingerprint density at radius 2 is 1.82 bits per heavy atom. The molecule has 4 rings (SSSR count). The molecule has 2 heterocycles. The molecular formula is C17H16N2O3. The lowest BCUT2D eigenvalue weighted by atomic mass is 9.88. The summed E-state index contributed by atoms with van der Waals surface area (Å²) in [7, 11) is 0. The lowest BCUT2D eigenvalue weighted by Gasteiger charge is -2.45. The first-order valence-electron chi connectivity index (χ1n) is 7.20. The second-order valence-corrected chi connectivity index (χ2v) is 5.63. The molecule has 0 saturated carbocycles. The molecule has 1 amide bonds. The highest BCUT2D eigenvalue weighted by molar-refractivity contribution is 6.05. The molecule has 2 aliphatic heterocycles. The molecule has 22 heavy (non-hydrogen) atoms. The van der Waals surface area contributed by atoms with Gasteiger partial charge in [-0.3, -0.25) is 4.79 Å². The van der Waals surface area contributed by atoms with Crippen molar-refractivity contribution in [2.75, 3.05) is 11.7 Å². The number of hydrogen-bond donors (Lipinski definition) is 1. The Labute approximate surface area is 128 Å². The van der Waals surface area contributed by atoms with Crippen LogP contribution in [-0.2, 0) is 4.79 Å². The lowest BCUT2D eigenvalue weighted by molar-refractivity contribution is -0.126. The predicted octanol–water partition coefficient (Wildman–Crippen LogP) is 2.14. The zero-order chi connectivity index (χ0) is 15.3. The van der Waals surface area contributed by atoms with E-state index in [-0.39, 0.29) is 18.7 Å². The maximum Gasteiger partial charge on any atom is 0.247 e. The standard InChI is InChI=1S/C17H16N2O3/c1-10-2-5-12(6-3-10)19-16(15(18)17(19)20)11-4-7-13-14(8-11)22-9-21-13/h2-8,15-16H,9,18H2,1H3/t15-,16-/m1/s1. The third-order valence-electron chi connectivity index (χ3n) is 4.19. The second kappa shape index (κ2) is 4.74. The summed E-state index contributed by atoms with van der Waals surface area (Å²) < 4.78 is 10.7. The quantitative estimate of drug-likeness (QED) is 0.862. The van der Waals surface area contributed by atoms with Crippen molar-refractivity contribution in [3.63, 3.8) is 0 Å². The number of nitrogens with zero attached hydrogens (tertiary/aromatic N) is 1. The monoisotopic (exact) mass is 296 g/mol. The van der Waals surface area contributed by atoms with Gasteiger partial charge in [-0.1, -0.05) is 23.8 Å². The van der Waals surface area contributed by atoms with Crippen LogP contribution in [0.15, 0.2) is 42.5 Å². The van der Waals surface area contributed by atoms with Crippen LogP contribution in [0.2, 0.25) is 0 Å². The Morgan fingerprint density at radius 1 is 1.09 bits per heavy atom. The molecule has 2 aliphatic rings. The molecule has 1 saturated heterocycles. The molecule has 2 aromatic rings. The van der Waals surface area contributed by atoms with Crippen molar-refractivity contribution in [2.24, 2.45) is 5.73 Å². The second-order valence-electron chi connectivity index (χ2n) is 5.63. The number of hydrogen-bond acceptors (Lipinski definition) is 4. The highest BCUT2D eigenvalue weighted by Crippen LogP contribution is 2.42. The third kappa shape index (κ3) is 1.86. The molecule has 2 atom stereocenters. The van der Waals surface area contributed by atoms with Crippen LogP contribution < -0.4 is 20.1 Å². The number of carbonyl (C=O) groups excluding carboxylic acids is 1. The van der Waals surface area contributed by atoms with Gasteiger partial charge < -0.3 is 20.1 Å². The Balaban J connectivity index is 1.70. The zero-order valence-corrected chi connectivity index (χ0v) is 12.2. The number of anilines is 1. The minimum atomic E-state index is -0.526. The molecule has 5 nitrogen and oxygen atoms in total. The number of rotatable bonds is 2. The number of aryl methyl sites for hydroxylation is 1. The van der Waals surface area contributed by atoms with Gasteiger partial charge in [0.15, 0.2) is 11.5 Å². The average Bonchev–Trinajstić information content (AvgIpc) is 3.00. The van der Waals surface area contributed by atoms with Gasteiger partial charge in [-0.25, -0.2) is 0 Å². The van der Waals surface area contributed by atoms with Crippen molar-refractivity contribution in [1.29, 1.82) is 0 Å². The Morgan fingerprint density at radius 3 is 2.59 bits per heavy atom. The number of carbonyl (C=O) groups is 1. The molecule has 1 fully saturated rings. The van der Waals surface area contributed by atoms with Crippen LogP contribution in [-0.4, -0.2) is 18.7 Å². The van der Waals surface area contributed by atoms with Crippen LogP contribution >= 0.6 is 0 Å². The number of amides is 1. The molecule has 5 heteroatoms. The van der Waals surface area contributed by atoms with Crippen molar-refractivity contribution in [2.45, 2.75) is 19.0 Å². The molecule has 0 aliphatic carbocycles. The van der Waals surface area contributed by atoms with Crippen molar-refractivity contribution in [1.82, 2.24) is 0 Å². The smallest absolute Gasteiger partial charge is 0.247 e. The minimum absolute atomic E-state index is 0.0634. The number of fused-ring (bicyclic) bond motifs is 1. The predicted molar refractivity (Wildman–Crippen MR) is 81.9 cm³/mol. The van der Waals surface area contributed by atoms with Gasteiger partial charge >= 0.3 is 0 Å². The van der Waals surface area contributed by atoms with E-state index in [0.717, 1.165) is 22.6 Å². The first-order chi connectivity index (χ1) is 10.6. The first kappa shape index (κ1) is 13.2. The summed E-state index contributed by atoms with van der Waals surface area (Å²) in [6.45, 7) is 2.25. The molecule has 112 valence electrons. The van der Waals surface area contributed by atoms with E-state index in [1.54, 1.807) is 4.90 Å². The highest BCUT2D eigenvalue weighted by atomic mass is 16.7. The number of benzene rings is 2. The summed E-state index contributed by atoms with van der Waals surface area (Å²) in [5, 5.41) is 0. The van der Waals surface area contributed by atoms with Gasteiger partial charge in [0.1, 0.15) is 6.04 Å². The van der Waals surface area contributed by atoms with E-state index >= 15 is 0 Å². The summed E-state index contributed by atoms with van der Waals surface area (Å²) in [5.41, 5.74) is 9.01. The van der Waals surface area contributed by atoms with E-state index < -0.39 is 6.04 Å². The molecule has 2 aromatic carbocycles. The fourth-order valence-electron chi connectivity index (χ4n) is 2.96. The fourth-order valence-corrected chi connectivity index (χ4v) is 2.96. The summed E-state index contributed by atoms with van der Waals surface area (Å²) in [6, 6.07) is 12.9. The van der Waals surface area contributed by atoms with Gasteiger partial charge in [-0.05, 0) is 36.8 Å². The first-order valence-corrected chi connectivity index (χ1v) is 7.20. The largest absolute Gasteiger partial charge is 0.454 e. The lowest BCUT2D eigenvalue weighted by Crippen LogP contribution is -2.63.